The van der Waals surface area contributed by atoms with Crippen LogP contribution in [-0.2, 0) is 63.1 Å². The van der Waals surface area contributed by atoms with Crippen molar-refractivity contribution in [1.29, 1.82) is 0 Å². The van der Waals surface area contributed by atoms with Crippen LogP contribution in [0.15, 0.2) is 165 Å². The molecule has 18 aromatic rings. The number of nitrogens with zero attached hydrogens (tertiary/aromatic N) is 18. The molecule has 23 rings (SSSR count). The third kappa shape index (κ3) is 15.4. The molecular formula is C103H112N26O5. The molecule has 5 aliphatic rings. The van der Waals surface area contributed by atoms with E-state index in [9.17, 15) is 19.2 Å². The molecule has 134 heavy (non-hydrogen) atoms. The maximum absolute atomic E-state index is 13.1. The molecule has 1 aliphatic carbocycles. The fourth-order valence-corrected chi connectivity index (χ4v) is 20.8. The molecule has 0 bridgehead atoms. The quantitative estimate of drug-likeness (QED) is 0.0472. The number of para-hydroxylation sites is 1. The number of fused-ring (bicyclic) bond motifs is 28. The van der Waals surface area contributed by atoms with Gasteiger partial charge in [-0.05, 0) is 225 Å². The number of ether oxygens (including phenoxy) is 1. The van der Waals surface area contributed by atoms with E-state index in [0.717, 1.165) is 229 Å². The molecule has 0 radical (unpaired) electrons. The van der Waals surface area contributed by atoms with Crippen LogP contribution in [0.2, 0.25) is 0 Å². The summed E-state index contributed by atoms with van der Waals surface area (Å²) in [5.74, 6) is 1.69. The molecule has 31 heteroatoms. The van der Waals surface area contributed by atoms with Gasteiger partial charge in [0.25, 0.3) is 23.6 Å². The third-order valence-electron chi connectivity index (χ3n) is 26.9. The van der Waals surface area contributed by atoms with Crippen LogP contribution in [0, 0.1) is 0 Å². The summed E-state index contributed by atoms with van der Waals surface area (Å²) in [6.45, 7) is 28.1. The standard InChI is InChI=1S/C27H30N8O2.C27H26N6O.C25H28N6O.C24H28N6O/c1-16(2)35-20-5-4-8-34-21-12-18(27(36)32-19-13-31-33(14-19)9-10-37-3)7-6-17(21)11-22(34)23(20)24-25(28)29-15-30-26(24)35;1-16(2)33-20-9-6-12-32-21-14-18(27(34)31-19-7-4-3-5-8-19)11-10-17(21)13-22(32)23(20)24-25(28)29-15-30-26(24)33;1-14(2)31-17-5-4-10-30-18-12-16(24(32)29-25(3)8-9-25)7-6-15(18)11-19(30)20(17)21-22(26)27-13-28-23(21)31;1-13(2)28-24(31)16-8-7-15-10-19-20-17(6-5-9-29(19)18(15)11-16)30(14(3)4)23-21(20)22(25)26-12-27-23/h6-7,11-16H,4-5,8-10H2,1-3H3,(H,32,36)(H2,28,29,30);3-5,7-8,10-11,13-16H,6,9,12H2,1-2H3,(H,31,34)(H2,28,29,30);6-7,11-14H,4-5,8-10H2,1-3H3,(H,29,32)(H2,26,27,28);7-8,10-14H,5-6,9H2,1-4H3,(H,28,31)(H2,25,26,27). The van der Waals surface area contributed by atoms with Crippen molar-refractivity contribution in [3.8, 4) is 45.0 Å². The normalized spacial score (nSPS) is 14.1. The lowest BCUT2D eigenvalue weighted by atomic mass is 10.1. The molecule has 17 heterocycles. The predicted molar refractivity (Wildman–Crippen MR) is 530 cm³/mol. The Morgan fingerprint density at radius 2 is 0.724 bits per heavy atom. The molecule has 1 fully saturated rings. The molecule has 0 unspecified atom stereocenters. The number of aryl methyl sites for hydroxylation is 4. The van der Waals surface area contributed by atoms with Crippen molar-refractivity contribution in [1.82, 2.24) is 96.8 Å². The van der Waals surface area contributed by atoms with Crippen molar-refractivity contribution in [2.24, 2.45) is 0 Å². The molecule has 0 atom stereocenters. The number of carbonyl (C=O) groups is 4. The fraction of sp³-hybridized carbons (Fsp3) is 0.330. The van der Waals surface area contributed by atoms with Crippen LogP contribution >= 0.6 is 0 Å². The van der Waals surface area contributed by atoms with E-state index in [4.69, 9.17) is 27.7 Å². The van der Waals surface area contributed by atoms with Gasteiger partial charge in [-0.25, -0.2) is 39.9 Å². The van der Waals surface area contributed by atoms with E-state index >= 15 is 0 Å². The van der Waals surface area contributed by atoms with Crippen LogP contribution in [0.1, 0.15) is 203 Å². The van der Waals surface area contributed by atoms with E-state index < -0.39 is 0 Å². The maximum Gasteiger partial charge on any atom is 0.255 e. The summed E-state index contributed by atoms with van der Waals surface area (Å²) in [6.07, 6.45) is 19.4. The van der Waals surface area contributed by atoms with Crippen LogP contribution in [0.5, 0.6) is 0 Å². The van der Waals surface area contributed by atoms with Gasteiger partial charge in [0.15, 0.2) is 0 Å². The topological polar surface area (TPSA) is 390 Å². The van der Waals surface area contributed by atoms with Gasteiger partial charge >= 0.3 is 0 Å². The van der Waals surface area contributed by atoms with Crippen molar-refractivity contribution in [2.75, 3.05) is 47.3 Å². The fourth-order valence-electron chi connectivity index (χ4n) is 20.8. The Kier molecular flexibility index (Phi) is 22.5. The number of amides is 4. The number of nitrogens with two attached hydrogens (primary N) is 4. The van der Waals surface area contributed by atoms with E-state index in [1.165, 1.54) is 29.1 Å². The molecule has 4 amide bonds. The maximum atomic E-state index is 13.1. The minimum atomic E-state index is -0.174. The Hall–Kier alpha value is -15.0. The molecule has 13 aromatic heterocycles. The smallest absolute Gasteiger partial charge is 0.255 e. The summed E-state index contributed by atoms with van der Waals surface area (Å²) in [4.78, 5) is 87.2. The first-order chi connectivity index (χ1) is 64.7. The molecule has 4 aliphatic heterocycles. The van der Waals surface area contributed by atoms with Gasteiger partial charge in [0.1, 0.15) is 71.2 Å². The van der Waals surface area contributed by atoms with E-state index in [0.29, 0.717) is 64.4 Å². The number of carbonyl (C=O) groups excluding carboxylic acids is 4. The monoisotopic (exact) mass is 1790 g/mol. The highest BCUT2D eigenvalue weighted by atomic mass is 16.5. The first-order valence-corrected chi connectivity index (χ1v) is 46.6. The Bertz CT molecular complexity index is 7740. The van der Waals surface area contributed by atoms with Crippen molar-refractivity contribution < 1.29 is 23.9 Å². The van der Waals surface area contributed by atoms with Gasteiger partial charge in [0.2, 0.25) is 0 Å². The summed E-state index contributed by atoms with van der Waals surface area (Å²) in [7, 11) is 1.65. The minimum Gasteiger partial charge on any atom is -0.383 e. The SMILES string of the molecule is CC(C)NC(=O)c1ccc2cc3n(c2c1)CCCc1c-3c2c(N)ncnc2n1C(C)C.CC(C)n1c2c(c3c(N)ncnc31)-c1cc3ccc(C(=O)NC4(C)CC4)cc3n1CCC2.CC(C)n1c2c(c3c(N)ncnc31)-c1cc3ccc(C(=O)Nc4ccccc4)cc3n1CCC2.COCCn1cc(NC(=O)c2ccc3cc4n(c3c2)CCCc2c-4c3c(N)ncnc3n2C(C)C)cn1. The van der Waals surface area contributed by atoms with Crippen LogP contribution in [-0.4, -0.2) is 135 Å². The molecule has 31 nitrogen and oxygen atoms in total. The summed E-state index contributed by atoms with van der Waals surface area (Å²) in [6, 6.07) is 43.2. The first kappa shape index (κ1) is 87.0. The van der Waals surface area contributed by atoms with Crippen molar-refractivity contribution in [3.63, 3.8) is 0 Å². The van der Waals surface area contributed by atoms with Gasteiger partial charge in [0, 0.05) is 192 Å². The number of anilines is 6. The number of hydrogen-bond donors (Lipinski definition) is 8. The van der Waals surface area contributed by atoms with E-state index in [-0.39, 0.29) is 59.4 Å². The lowest BCUT2D eigenvalue weighted by molar-refractivity contribution is 0.0929. The largest absolute Gasteiger partial charge is 0.383 e. The second-order valence-corrected chi connectivity index (χ2v) is 37.6. The van der Waals surface area contributed by atoms with E-state index in [1.54, 1.807) is 43.2 Å². The van der Waals surface area contributed by atoms with Gasteiger partial charge in [-0.1, -0.05) is 42.5 Å². The molecule has 684 valence electrons. The molecule has 0 spiro atoms. The van der Waals surface area contributed by atoms with Gasteiger partial charge < -0.3 is 85.5 Å². The number of aromatic nitrogens is 18. The van der Waals surface area contributed by atoms with E-state index in [1.807, 2.05) is 111 Å². The minimum absolute atomic E-state index is 0.00539. The molecular weight excluding hydrogens is 1680 g/mol. The highest BCUT2D eigenvalue weighted by Crippen LogP contribution is 2.49. The highest BCUT2D eigenvalue weighted by Gasteiger charge is 2.40. The molecule has 0 saturated heterocycles. The summed E-state index contributed by atoms with van der Waals surface area (Å²) >= 11 is 0. The van der Waals surface area contributed by atoms with Crippen molar-refractivity contribution in [2.45, 2.75) is 209 Å². The summed E-state index contributed by atoms with van der Waals surface area (Å²) in [5.41, 5.74) is 51.3. The zero-order valence-corrected chi connectivity index (χ0v) is 77.7. The van der Waals surface area contributed by atoms with Crippen molar-refractivity contribution in [3.05, 3.63) is 210 Å². The number of benzene rings is 5. The summed E-state index contributed by atoms with van der Waals surface area (Å²) < 4.78 is 25.3. The average molecular weight is 1790 g/mol. The van der Waals surface area contributed by atoms with Gasteiger partial charge in [0.05, 0.1) is 69.4 Å². The van der Waals surface area contributed by atoms with Crippen LogP contribution in [0.4, 0.5) is 34.6 Å². The highest BCUT2D eigenvalue weighted by molar-refractivity contribution is 6.12. The van der Waals surface area contributed by atoms with E-state index in [2.05, 4.69) is 195 Å². The Balaban J connectivity index is 0.000000111. The molecule has 1 saturated carbocycles. The van der Waals surface area contributed by atoms with Crippen LogP contribution in [0.25, 0.3) is 133 Å². The zero-order valence-electron chi connectivity index (χ0n) is 77.7. The van der Waals surface area contributed by atoms with Crippen LogP contribution < -0.4 is 44.2 Å². The molecule has 12 N–H and O–H groups in total. The van der Waals surface area contributed by atoms with Gasteiger partial charge in [-0.2, -0.15) is 5.10 Å². The summed E-state index contributed by atoms with van der Waals surface area (Å²) in [5, 5.41) is 24.5. The second kappa shape index (κ2) is 34.6. The zero-order chi connectivity index (χ0) is 93.1. The number of methoxy groups -OCH3 is 1. The Morgan fingerprint density at radius 1 is 0.403 bits per heavy atom. The number of nitrogens with one attached hydrogen (secondary N) is 4. The molecule has 5 aromatic carbocycles. The third-order valence-corrected chi connectivity index (χ3v) is 26.9. The lowest BCUT2D eigenvalue weighted by Crippen LogP contribution is -2.34. The Labute approximate surface area is 773 Å². The predicted octanol–water partition coefficient (Wildman–Crippen LogP) is 18.4. The van der Waals surface area contributed by atoms with Gasteiger partial charge in [-0.15, -0.1) is 0 Å². The Morgan fingerprint density at radius 3 is 1.04 bits per heavy atom. The average Bonchev–Trinajstić information content (AvgIpc) is 1.58. The van der Waals surface area contributed by atoms with Crippen LogP contribution in [0.3, 0.4) is 0 Å². The number of hydrogen-bond acceptors (Lipinski definition) is 18. The lowest BCUT2D eigenvalue weighted by Gasteiger charge is -2.13. The number of nitrogen functional groups attached to an aromatic ring is 4. The second-order valence-electron chi connectivity index (χ2n) is 37.6. The first-order valence-electron chi connectivity index (χ1n) is 46.6. The van der Waals surface area contributed by atoms with Gasteiger partial charge in [-0.3, -0.25) is 23.9 Å². The van der Waals surface area contributed by atoms with Crippen molar-refractivity contribution >= 4 is 146 Å². The number of rotatable bonds is 15.